The number of piperazine rings is 1. The molecule has 1 aromatic carbocycles. The van der Waals surface area contributed by atoms with Crippen LogP contribution in [0.25, 0.3) is 22.4 Å². The summed E-state index contributed by atoms with van der Waals surface area (Å²) in [5, 5.41) is 0.571. The summed E-state index contributed by atoms with van der Waals surface area (Å²) in [7, 11) is 1.64. The average Bonchev–Trinajstić information content (AvgIpc) is 3.78. The summed E-state index contributed by atoms with van der Waals surface area (Å²) in [5.74, 6) is 2.21. The Morgan fingerprint density at radius 2 is 1.78 bits per heavy atom. The van der Waals surface area contributed by atoms with Crippen molar-refractivity contribution >= 4 is 16.7 Å². The fraction of sp³-hybridized carbons (Fsp3) is 0.519. The number of benzene rings is 1. The molecular formula is C27H33N5O4. The lowest BCUT2D eigenvalue weighted by Gasteiger charge is -2.37. The molecule has 9 nitrogen and oxygen atoms in total. The van der Waals surface area contributed by atoms with E-state index < -0.39 is 0 Å². The van der Waals surface area contributed by atoms with Gasteiger partial charge in [-0.2, -0.15) is 0 Å². The van der Waals surface area contributed by atoms with Crippen LogP contribution in [0, 0.1) is 0 Å². The van der Waals surface area contributed by atoms with Crippen LogP contribution in [0.1, 0.15) is 24.3 Å². The van der Waals surface area contributed by atoms with E-state index in [1.165, 1.54) is 0 Å². The van der Waals surface area contributed by atoms with E-state index >= 15 is 0 Å². The first kappa shape index (κ1) is 23.4. The molecule has 9 heteroatoms. The summed E-state index contributed by atoms with van der Waals surface area (Å²) < 4.78 is 16.8. The van der Waals surface area contributed by atoms with Crippen LogP contribution in [0.4, 0.5) is 5.82 Å². The van der Waals surface area contributed by atoms with E-state index in [9.17, 15) is 4.79 Å². The molecule has 0 unspecified atom stereocenters. The molecule has 1 saturated carbocycles. The molecule has 0 radical (unpaired) electrons. The number of hydrogen-bond donors (Lipinski definition) is 0. The SMILES string of the molecule is COc1cc(C2CC2)c2c(=O)oc(-c3cccnc3N3CCN(CCN4CCOCC4)CC3)nc2c1. The van der Waals surface area contributed by atoms with Crippen LogP contribution in [0.3, 0.4) is 0 Å². The number of morpholine rings is 1. The molecule has 36 heavy (non-hydrogen) atoms. The standard InChI is InChI=1S/C27H33N5O4/c1-34-20-17-22(19-4-5-19)24-23(18-20)29-26(36-27(24)33)21-3-2-6-28-25(21)32-11-9-30(10-12-32)7-8-31-13-15-35-16-14-31/h2-3,6,17-19H,4-5,7-16H2,1H3. The lowest BCUT2D eigenvalue weighted by atomic mass is 10.0. The van der Waals surface area contributed by atoms with Gasteiger partial charge in [0, 0.05) is 64.6 Å². The minimum Gasteiger partial charge on any atom is -0.497 e. The van der Waals surface area contributed by atoms with Crippen LogP contribution in [-0.2, 0) is 4.74 Å². The van der Waals surface area contributed by atoms with Crippen molar-refractivity contribution in [1.29, 1.82) is 0 Å². The van der Waals surface area contributed by atoms with Gasteiger partial charge in [0.2, 0.25) is 5.89 Å². The number of anilines is 1. The summed E-state index contributed by atoms with van der Waals surface area (Å²) in [6.45, 7) is 9.54. The molecule has 3 fully saturated rings. The van der Waals surface area contributed by atoms with Crippen molar-refractivity contribution in [3.8, 4) is 17.2 Å². The quantitative estimate of drug-likeness (QED) is 0.495. The summed E-state index contributed by atoms with van der Waals surface area (Å²) in [4.78, 5) is 29.9. The molecule has 4 heterocycles. The van der Waals surface area contributed by atoms with Crippen molar-refractivity contribution in [2.45, 2.75) is 18.8 Å². The van der Waals surface area contributed by atoms with Crippen LogP contribution in [-0.4, -0.2) is 92.4 Å². The molecule has 2 saturated heterocycles. The Hall–Kier alpha value is -3.01. The van der Waals surface area contributed by atoms with Gasteiger partial charge in [0.05, 0.1) is 36.8 Å². The molecule has 6 rings (SSSR count). The zero-order valence-corrected chi connectivity index (χ0v) is 20.8. The maximum atomic E-state index is 13.2. The molecule has 0 amide bonds. The Kier molecular flexibility index (Phi) is 6.60. The van der Waals surface area contributed by atoms with Gasteiger partial charge < -0.3 is 18.8 Å². The zero-order valence-electron chi connectivity index (χ0n) is 20.8. The minimum absolute atomic E-state index is 0.306. The molecule has 0 spiro atoms. The highest BCUT2D eigenvalue weighted by molar-refractivity contribution is 5.85. The fourth-order valence-corrected chi connectivity index (χ4v) is 5.26. The van der Waals surface area contributed by atoms with Gasteiger partial charge in [-0.15, -0.1) is 0 Å². The largest absolute Gasteiger partial charge is 0.497 e. The van der Waals surface area contributed by atoms with Crippen molar-refractivity contribution in [3.63, 3.8) is 0 Å². The highest BCUT2D eigenvalue weighted by atomic mass is 16.5. The predicted octanol–water partition coefficient (Wildman–Crippen LogP) is 2.59. The molecule has 0 bridgehead atoms. The predicted molar refractivity (Wildman–Crippen MR) is 138 cm³/mol. The van der Waals surface area contributed by atoms with Gasteiger partial charge in [-0.3, -0.25) is 9.80 Å². The number of ether oxygens (including phenoxy) is 2. The van der Waals surface area contributed by atoms with E-state index in [2.05, 4.69) is 19.7 Å². The highest BCUT2D eigenvalue weighted by Crippen LogP contribution is 2.44. The Morgan fingerprint density at radius 1 is 1.03 bits per heavy atom. The first-order chi connectivity index (χ1) is 17.7. The average molecular weight is 492 g/mol. The lowest BCUT2D eigenvalue weighted by molar-refractivity contribution is 0.0331. The van der Waals surface area contributed by atoms with Crippen LogP contribution in [0.5, 0.6) is 5.75 Å². The van der Waals surface area contributed by atoms with Crippen molar-refractivity contribution in [2.24, 2.45) is 0 Å². The van der Waals surface area contributed by atoms with Crippen LogP contribution in [0.2, 0.25) is 0 Å². The number of methoxy groups -OCH3 is 1. The smallest absolute Gasteiger partial charge is 0.347 e. The van der Waals surface area contributed by atoms with Crippen molar-refractivity contribution < 1.29 is 13.9 Å². The third-order valence-corrected chi connectivity index (χ3v) is 7.52. The first-order valence-electron chi connectivity index (χ1n) is 12.9. The normalized spacial score (nSPS) is 19.6. The topological polar surface area (TPSA) is 84.2 Å². The Bertz CT molecular complexity index is 1280. The molecular weight excluding hydrogens is 458 g/mol. The fourth-order valence-electron chi connectivity index (χ4n) is 5.26. The van der Waals surface area contributed by atoms with E-state index in [1.54, 1.807) is 13.3 Å². The van der Waals surface area contributed by atoms with Crippen LogP contribution < -0.4 is 15.3 Å². The third-order valence-electron chi connectivity index (χ3n) is 7.52. The highest BCUT2D eigenvalue weighted by Gasteiger charge is 2.29. The second-order valence-corrected chi connectivity index (χ2v) is 9.85. The monoisotopic (exact) mass is 491 g/mol. The van der Waals surface area contributed by atoms with Gasteiger partial charge in [-0.05, 0) is 42.5 Å². The summed E-state index contributed by atoms with van der Waals surface area (Å²) >= 11 is 0. The minimum atomic E-state index is -0.345. The Morgan fingerprint density at radius 3 is 2.50 bits per heavy atom. The molecule has 1 aliphatic carbocycles. The van der Waals surface area contributed by atoms with Gasteiger partial charge in [-0.25, -0.2) is 14.8 Å². The van der Waals surface area contributed by atoms with Crippen molar-refractivity contribution in [2.75, 3.05) is 77.6 Å². The number of aromatic nitrogens is 2. The molecule has 190 valence electrons. The molecule has 0 N–H and O–H groups in total. The molecule has 2 aromatic heterocycles. The maximum absolute atomic E-state index is 13.2. The van der Waals surface area contributed by atoms with Crippen molar-refractivity contribution in [3.05, 3.63) is 46.4 Å². The second kappa shape index (κ2) is 10.2. The van der Waals surface area contributed by atoms with E-state index in [-0.39, 0.29) is 5.63 Å². The second-order valence-electron chi connectivity index (χ2n) is 9.85. The number of fused-ring (bicyclic) bond motifs is 1. The van der Waals surface area contributed by atoms with Gasteiger partial charge >= 0.3 is 5.63 Å². The molecule has 3 aliphatic rings. The molecule has 2 aliphatic heterocycles. The van der Waals surface area contributed by atoms with E-state index in [1.807, 2.05) is 24.3 Å². The van der Waals surface area contributed by atoms with Crippen LogP contribution >= 0.6 is 0 Å². The summed E-state index contributed by atoms with van der Waals surface area (Å²) in [6.07, 6.45) is 3.94. The van der Waals surface area contributed by atoms with E-state index in [4.69, 9.17) is 18.9 Å². The number of hydrogen-bond acceptors (Lipinski definition) is 9. The lowest BCUT2D eigenvalue weighted by Crippen LogP contribution is -2.49. The van der Waals surface area contributed by atoms with Crippen LogP contribution in [0.15, 0.2) is 39.7 Å². The van der Waals surface area contributed by atoms with Gasteiger partial charge in [0.15, 0.2) is 0 Å². The number of nitrogens with zero attached hydrogens (tertiary/aromatic N) is 5. The number of rotatable bonds is 7. The maximum Gasteiger partial charge on any atom is 0.347 e. The number of pyridine rings is 1. The van der Waals surface area contributed by atoms with Gasteiger partial charge in [0.25, 0.3) is 0 Å². The Balaban J connectivity index is 1.23. The molecule has 0 atom stereocenters. The Labute approximate surface area is 210 Å². The van der Waals surface area contributed by atoms with Gasteiger partial charge in [-0.1, -0.05) is 0 Å². The first-order valence-corrected chi connectivity index (χ1v) is 12.9. The zero-order chi connectivity index (χ0) is 24.5. The summed E-state index contributed by atoms with van der Waals surface area (Å²) in [6, 6.07) is 7.58. The van der Waals surface area contributed by atoms with E-state index in [0.717, 1.165) is 95.4 Å². The van der Waals surface area contributed by atoms with Gasteiger partial charge in [0.1, 0.15) is 11.6 Å². The molecule has 3 aromatic rings. The van der Waals surface area contributed by atoms with E-state index in [0.29, 0.717) is 28.5 Å². The third kappa shape index (κ3) is 4.83. The van der Waals surface area contributed by atoms with Crippen molar-refractivity contribution in [1.82, 2.24) is 19.8 Å². The summed E-state index contributed by atoms with van der Waals surface area (Å²) in [5.41, 5.74) is 2.00.